The first-order chi connectivity index (χ1) is 16.5. The van der Waals surface area contributed by atoms with Crippen LogP contribution in [0.4, 0.5) is 10.1 Å². The SMILES string of the molecule is Cl.[C-]#[N+]c1c(F)ccc([C@@H]2CN3CCN(CC(O)c4cccc(-n5cnnn5)c4)C[C@@H]3CO2)c1C. The molecule has 3 aromatic rings. The summed E-state index contributed by atoms with van der Waals surface area (Å²) < 4.78 is 21.7. The van der Waals surface area contributed by atoms with Crippen LogP contribution < -0.4 is 0 Å². The maximum atomic E-state index is 13.9. The molecule has 0 radical (unpaired) electrons. The minimum Gasteiger partial charge on any atom is -0.387 e. The Hall–Kier alpha value is -2.94. The maximum Gasteiger partial charge on any atom is 0.225 e. The number of nitrogens with zero attached hydrogens (tertiary/aromatic N) is 7. The first-order valence-corrected chi connectivity index (χ1v) is 11.3. The van der Waals surface area contributed by atoms with E-state index in [1.807, 2.05) is 24.3 Å². The maximum absolute atomic E-state index is 13.9. The summed E-state index contributed by atoms with van der Waals surface area (Å²) in [4.78, 5) is 8.02. The standard InChI is InChI=1S/C24H26FN7O2.ClH/c1-16-20(6-7-21(25)24(16)26-2)23-13-31-9-8-30(11-19(31)14-34-23)12-22(33)17-4-3-5-18(10-17)32-15-27-28-29-32;/h3-7,10,15,19,22-23,33H,8-9,11-14H2,1H3;1H/t19-,22?,23+;/m1./s1. The number of fused-ring (bicyclic) bond motifs is 1. The van der Waals surface area contributed by atoms with E-state index in [-0.39, 0.29) is 30.2 Å². The van der Waals surface area contributed by atoms with E-state index in [0.29, 0.717) is 25.3 Å². The number of ether oxygens (including phenoxy) is 1. The smallest absolute Gasteiger partial charge is 0.225 e. The van der Waals surface area contributed by atoms with Gasteiger partial charge in [0.15, 0.2) is 0 Å². The molecule has 2 aliphatic heterocycles. The molecule has 5 rings (SSSR count). The molecule has 2 aliphatic rings. The highest BCUT2D eigenvalue weighted by Gasteiger charge is 2.35. The van der Waals surface area contributed by atoms with Crippen LogP contribution in [0.1, 0.15) is 28.9 Å². The summed E-state index contributed by atoms with van der Waals surface area (Å²) in [5.74, 6) is -0.486. The number of aliphatic hydroxyl groups is 1. The number of aliphatic hydroxyl groups excluding tert-OH is 1. The fraction of sp³-hybridized carbons (Fsp3) is 0.417. The summed E-state index contributed by atoms with van der Waals surface area (Å²) in [6.07, 6.45) is 0.717. The van der Waals surface area contributed by atoms with Gasteiger partial charge in [0, 0.05) is 38.8 Å². The Morgan fingerprint density at radius 1 is 1.26 bits per heavy atom. The fourth-order valence-electron chi connectivity index (χ4n) is 4.88. The van der Waals surface area contributed by atoms with Crippen molar-refractivity contribution in [3.8, 4) is 5.69 Å². The summed E-state index contributed by atoms with van der Waals surface area (Å²) in [5.41, 5.74) is 3.23. The van der Waals surface area contributed by atoms with E-state index in [1.54, 1.807) is 17.7 Å². The monoisotopic (exact) mass is 499 g/mol. The van der Waals surface area contributed by atoms with Gasteiger partial charge in [0.2, 0.25) is 5.69 Å². The third-order valence-electron chi connectivity index (χ3n) is 6.76. The molecule has 1 aromatic heterocycles. The van der Waals surface area contributed by atoms with E-state index in [4.69, 9.17) is 11.3 Å². The van der Waals surface area contributed by atoms with E-state index >= 15 is 0 Å². The highest BCUT2D eigenvalue weighted by Crippen LogP contribution is 2.34. The summed E-state index contributed by atoms with van der Waals surface area (Å²) in [6, 6.07) is 10.9. The minimum absolute atomic E-state index is 0. The molecule has 2 saturated heterocycles. The highest BCUT2D eigenvalue weighted by molar-refractivity contribution is 5.85. The Morgan fingerprint density at radius 3 is 2.89 bits per heavy atom. The van der Waals surface area contributed by atoms with Gasteiger partial charge in [0.1, 0.15) is 12.1 Å². The molecule has 0 bridgehead atoms. The van der Waals surface area contributed by atoms with Crippen LogP contribution >= 0.6 is 12.4 Å². The van der Waals surface area contributed by atoms with E-state index in [0.717, 1.165) is 36.4 Å². The van der Waals surface area contributed by atoms with Crippen molar-refractivity contribution < 1.29 is 14.2 Å². The van der Waals surface area contributed by atoms with Crippen LogP contribution in [-0.2, 0) is 4.74 Å². The molecule has 35 heavy (non-hydrogen) atoms. The van der Waals surface area contributed by atoms with Crippen molar-refractivity contribution in [2.75, 3.05) is 39.3 Å². The number of piperazine rings is 1. The summed E-state index contributed by atoms with van der Waals surface area (Å²) in [5, 5.41) is 22.1. The molecule has 0 amide bonds. The van der Waals surface area contributed by atoms with Crippen LogP contribution in [0.2, 0.25) is 0 Å². The van der Waals surface area contributed by atoms with Crippen LogP contribution in [0, 0.1) is 19.3 Å². The number of benzene rings is 2. The molecule has 184 valence electrons. The van der Waals surface area contributed by atoms with Crippen molar-refractivity contribution in [3.05, 3.63) is 76.7 Å². The predicted octanol–water partition coefficient (Wildman–Crippen LogP) is 2.87. The molecule has 2 aromatic carbocycles. The normalized spacial score (nSPS) is 21.5. The molecule has 3 heterocycles. The number of tetrazole rings is 1. The Morgan fingerprint density at radius 2 is 2.11 bits per heavy atom. The van der Waals surface area contributed by atoms with Gasteiger partial charge in [-0.05, 0) is 52.2 Å². The molecule has 3 atom stereocenters. The lowest BCUT2D eigenvalue weighted by atomic mass is 9.98. The van der Waals surface area contributed by atoms with Gasteiger partial charge in [-0.1, -0.05) is 18.2 Å². The number of halogens is 2. The molecule has 9 nitrogen and oxygen atoms in total. The summed E-state index contributed by atoms with van der Waals surface area (Å²) >= 11 is 0. The summed E-state index contributed by atoms with van der Waals surface area (Å²) in [6.45, 7) is 13.3. The molecule has 0 saturated carbocycles. The van der Waals surface area contributed by atoms with Crippen LogP contribution in [0.15, 0.2) is 42.7 Å². The molecular formula is C24H27ClFN7O2. The van der Waals surface area contributed by atoms with Crippen LogP contribution in [-0.4, -0.2) is 80.5 Å². The number of hydrogen-bond donors (Lipinski definition) is 1. The lowest BCUT2D eigenvalue weighted by Crippen LogP contribution is -2.58. The second-order valence-electron chi connectivity index (χ2n) is 8.82. The lowest BCUT2D eigenvalue weighted by molar-refractivity contribution is -0.0939. The van der Waals surface area contributed by atoms with Crippen molar-refractivity contribution in [1.29, 1.82) is 0 Å². The predicted molar refractivity (Wildman–Crippen MR) is 129 cm³/mol. The zero-order valence-corrected chi connectivity index (χ0v) is 20.1. The van der Waals surface area contributed by atoms with Gasteiger partial charge in [-0.25, -0.2) is 13.9 Å². The zero-order chi connectivity index (χ0) is 23.7. The number of β-amino-alcohol motifs (C(OH)–C–C–N with tert-alkyl or cyclic N) is 1. The van der Waals surface area contributed by atoms with Crippen LogP contribution in [0.5, 0.6) is 0 Å². The van der Waals surface area contributed by atoms with Gasteiger partial charge in [-0.2, -0.15) is 0 Å². The third-order valence-corrected chi connectivity index (χ3v) is 6.76. The largest absolute Gasteiger partial charge is 0.387 e. The van der Waals surface area contributed by atoms with E-state index in [2.05, 4.69) is 30.2 Å². The molecule has 11 heteroatoms. The van der Waals surface area contributed by atoms with Crippen molar-refractivity contribution >= 4 is 18.1 Å². The van der Waals surface area contributed by atoms with Crippen molar-refractivity contribution in [2.45, 2.75) is 25.2 Å². The molecular weight excluding hydrogens is 473 g/mol. The highest BCUT2D eigenvalue weighted by atomic mass is 35.5. The van der Waals surface area contributed by atoms with Gasteiger partial charge in [-0.15, -0.1) is 17.5 Å². The van der Waals surface area contributed by atoms with Crippen molar-refractivity contribution in [2.24, 2.45) is 0 Å². The van der Waals surface area contributed by atoms with Crippen molar-refractivity contribution in [3.63, 3.8) is 0 Å². The molecule has 1 unspecified atom stereocenters. The Bertz CT molecular complexity index is 1200. The third kappa shape index (κ3) is 5.19. The molecule has 2 fully saturated rings. The first kappa shape index (κ1) is 25.2. The van der Waals surface area contributed by atoms with Gasteiger partial charge in [0.25, 0.3) is 0 Å². The molecule has 0 spiro atoms. The lowest BCUT2D eigenvalue weighted by Gasteiger charge is -2.46. The topological polar surface area (TPSA) is 83.9 Å². The Kier molecular flexibility index (Phi) is 7.74. The van der Waals surface area contributed by atoms with Gasteiger partial charge >= 0.3 is 0 Å². The van der Waals surface area contributed by atoms with E-state index < -0.39 is 11.9 Å². The number of aromatic nitrogens is 4. The summed E-state index contributed by atoms with van der Waals surface area (Å²) in [7, 11) is 0. The van der Waals surface area contributed by atoms with Gasteiger partial charge in [0.05, 0.1) is 31.1 Å². The molecule has 0 aliphatic carbocycles. The second kappa shape index (κ2) is 10.8. The van der Waals surface area contributed by atoms with E-state index in [9.17, 15) is 9.50 Å². The number of rotatable bonds is 5. The molecule has 1 N–H and O–H groups in total. The average molecular weight is 500 g/mol. The first-order valence-electron chi connectivity index (χ1n) is 11.3. The number of hydrogen-bond acceptors (Lipinski definition) is 7. The minimum atomic E-state index is -0.630. The average Bonchev–Trinajstić information content (AvgIpc) is 3.39. The number of morpholine rings is 1. The van der Waals surface area contributed by atoms with Crippen LogP contribution in [0.3, 0.4) is 0 Å². The fourth-order valence-corrected chi connectivity index (χ4v) is 4.88. The zero-order valence-electron chi connectivity index (χ0n) is 19.3. The van der Waals surface area contributed by atoms with E-state index in [1.165, 1.54) is 12.4 Å². The van der Waals surface area contributed by atoms with Crippen LogP contribution in [0.25, 0.3) is 10.5 Å². The Labute approximate surface area is 209 Å². The van der Waals surface area contributed by atoms with Crippen molar-refractivity contribution in [1.82, 2.24) is 30.0 Å². The van der Waals surface area contributed by atoms with Gasteiger partial charge < -0.3 is 9.84 Å². The van der Waals surface area contributed by atoms with Gasteiger partial charge in [-0.3, -0.25) is 9.80 Å². The second-order valence-corrected chi connectivity index (χ2v) is 8.82. The quantitative estimate of drug-likeness (QED) is 0.540. The Balaban J connectivity index is 0.00000289.